The second kappa shape index (κ2) is 5.84. The molecule has 2 heteroatoms. The van der Waals surface area contributed by atoms with Crippen LogP contribution in [0.3, 0.4) is 0 Å². The summed E-state index contributed by atoms with van der Waals surface area (Å²) in [6, 6.07) is 17.0. The lowest BCUT2D eigenvalue weighted by atomic mass is 9.72. The summed E-state index contributed by atoms with van der Waals surface area (Å²) in [5.74, 6) is 0.600. The molecule has 0 radical (unpaired) electrons. The van der Waals surface area contributed by atoms with Crippen molar-refractivity contribution in [2.24, 2.45) is 5.41 Å². The van der Waals surface area contributed by atoms with Gasteiger partial charge < -0.3 is 4.90 Å². The van der Waals surface area contributed by atoms with E-state index >= 15 is 0 Å². The molecule has 23 heavy (non-hydrogen) atoms. The summed E-state index contributed by atoms with van der Waals surface area (Å²) in [6.07, 6.45) is 1.02. The van der Waals surface area contributed by atoms with Gasteiger partial charge in [-0.3, -0.25) is 4.79 Å². The summed E-state index contributed by atoms with van der Waals surface area (Å²) >= 11 is 0. The van der Waals surface area contributed by atoms with E-state index in [1.165, 1.54) is 16.7 Å². The highest BCUT2D eigenvalue weighted by molar-refractivity contribution is 5.93. The number of carbonyl (C=O) groups is 1. The van der Waals surface area contributed by atoms with Gasteiger partial charge in [-0.15, -0.1) is 0 Å². The van der Waals surface area contributed by atoms with Gasteiger partial charge in [0.1, 0.15) is 0 Å². The molecule has 0 saturated carbocycles. The third kappa shape index (κ3) is 3.03. The number of hydrogen-bond acceptors (Lipinski definition) is 1. The number of benzene rings is 2. The average molecular weight is 307 g/mol. The number of amides is 1. The van der Waals surface area contributed by atoms with Crippen LogP contribution in [-0.2, 0) is 4.79 Å². The van der Waals surface area contributed by atoms with Crippen molar-refractivity contribution in [1.82, 2.24) is 0 Å². The molecule has 0 spiro atoms. The standard InChI is InChI=1S/C21H25NO/c1-15(23)22-13-12-19(21(2,3)4)18-14-17(10-11-20(18)22)16-8-6-5-7-9-16/h5-11,14,19H,12-13H2,1-4H3. The summed E-state index contributed by atoms with van der Waals surface area (Å²) in [6.45, 7) is 9.35. The van der Waals surface area contributed by atoms with Crippen molar-refractivity contribution < 1.29 is 4.79 Å². The van der Waals surface area contributed by atoms with Crippen LogP contribution in [0.25, 0.3) is 11.1 Å². The summed E-state index contributed by atoms with van der Waals surface area (Å²) in [5.41, 5.74) is 5.03. The van der Waals surface area contributed by atoms with Crippen LogP contribution in [-0.4, -0.2) is 12.5 Å². The third-order valence-corrected chi connectivity index (χ3v) is 4.87. The lowest BCUT2D eigenvalue weighted by Crippen LogP contribution is -2.37. The van der Waals surface area contributed by atoms with E-state index in [4.69, 9.17) is 0 Å². The van der Waals surface area contributed by atoms with Gasteiger partial charge in [-0.2, -0.15) is 0 Å². The van der Waals surface area contributed by atoms with Crippen LogP contribution in [0.4, 0.5) is 5.69 Å². The second-order valence-corrected chi connectivity index (χ2v) is 7.52. The SMILES string of the molecule is CC(=O)N1CCC(C(C)(C)C)c2cc(-c3ccccc3)ccc21. The summed E-state index contributed by atoms with van der Waals surface area (Å²) in [5, 5.41) is 0. The lowest BCUT2D eigenvalue weighted by Gasteiger charge is -2.40. The number of carbonyl (C=O) groups excluding carboxylic acids is 1. The van der Waals surface area contributed by atoms with Crippen LogP contribution < -0.4 is 4.90 Å². The lowest BCUT2D eigenvalue weighted by molar-refractivity contribution is -0.116. The van der Waals surface area contributed by atoms with E-state index < -0.39 is 0 Å². The molecule has 1 aliphatic heterocycles. The number of rotatable bonds is 1. The van der Waals surface area contributed by atoms with Crippen molar-refractivity contribution in [2.75, 3.05) is 11.4 Å². The predicted molar refractivity (Wildman–Crippen MR) is 96.7 cm³/mol. The largest absolute Gasteiger partial charge is 0.312 e. The topological polar surface area (TPSA) is 20.3 Å². The monoisotopic (exact) mass is 307 g/mol. The quantitative estimate of drug-likeness (QED) is 0.705. The molecule has 1 heterocycles. The molecule has 1 unspecified atom stereocenters. The Balaban J connectivity index is 2.13. The van der Waals surface area contributed by atoms with Crippen molar-refractivity contribution in [3.8, 4) is 11.1 Å². The molecular formula is C21H25NO. The Morgan fingerprint density at radius 2 is 1.74 bits per heavy atom. The van der Waals surface area contributed by atoms with E-state index in [1.54, 1.807) is 6.92 Å². The first kappa shape index (κ1) is 15.8. The van der Waals surface area contributed by atoms with Gasteiger partial charge >= 0.3 is 0 Å². The zero-order valence-corrected chi connectivity index (χ0v) is 14.5. The Bertz CT molecular complexity index is 712. The van der Waals surface area contributed by atoms with E-state index in [1.807, 2.05) is 11.0 Å². The van der Waals surface area contributed by atoms with Gasteiger partial charge in [-0.1, -0.05) is 57.2 Å². The highest BCUT2D eigenvalue weighted by Crippen LogP contribution is 2.46. The van der Waals surface area contributed by atoms with E-state index in [0.29, 0.717) is 5.92 Å². The molecule has 1 amide bonds. The Kier molecular flexibility index (Phi) is 4.01. The molecule has 2 nitrogen and oxygen atoms in total. The van der Waals surface area contributed by atoms with Crippen molar-refractivity contribution in [3.05, 3.63) is 54.1 Å². The fourth-order valence-electron chi connectivity index (χ4n) is 3.65. The first-order valence-corrected chi connectivity index (χ1v) is 8.35. The molecule has 1 atom stereocenters. The summed E-state index contributed by atoms with van der Waals surface area (Å²) in [7, 11) is 0. The fraction of sp³-hybridized carbons (Fsp3) is 0.381. The molecular weight excluding hydrogens is 282 g/mol. The van der Waals surface area contributed by atoms with Crippen LogP contribution in [0, 0.1) is 5.41 Å². The molecule has 1 aliphatic rings. The smallest absolute Gasteiger partial charge is 0.223 e. The van der Waals surface area contributed by atoms with Crippen LogP contribution in [0.1, 0.15) is 45.6 Å². The van der Waals surface area contributed by atoms with Gasteiger partial charge in [0, 0.05) is 19.2 Å². The van der Waals surface area contributed by atoms with Crippen molar-refractivity contribution >= 4 is 11.6 Å². The van der Waals surface area contributed by atoms with Gasteiger partial charge in [0.15, 0.2) is 0 Å². The molecule has 0 fully saturated rings. The first-order chi connectivity index (χ1) is 10.9. The molecule has 2 aromatic carbocycles. The zero-order valence-electron chi connectivity index (χ0n) is 14.5. The van der Waals surface area contributed by atoms with Gasteiger partial charge in [0.25, 0.3) is 0 Å². The van der Waals surface area contributed by atoms with E-state index in [2.05, 4.69) is 63.2 Å². The van der Waals surface area contributed by atoms with Crippen molar-refractivity contribution in [2.45, 2.75) is 40.0 Å². The van der Waals surface area contributed by atoms with E-state index in [0.717, 1.165) is 18.7 Å². The molecule has 0 bridgehead atoms. The van der Waals surface area contributed by atoms with Crippen molar-refractivity contribution in [1.29, 1.82) is 0 Å². The Labute approximate surface area is 139 Å². The molecule has 2 aromatic rings. The van der Waals surface area contributed by atoms with Crippen LogP contribution in [0.15, 0.2) is 48.5 Å². The molecule has 0 N–H and O–H groups in total. The molecule has 120 valence electrons. The highest BCUT2D eigenvalue weighted by atomic mass is 16.2. The summed E-state index contributed by atoms with van der Waals surface area (Å²) < 4.78 is 0. The van der Waals surface area contributed by atoms with Crippen LogP contribution in [0.5, 0.6) is 0 Å². The minimum atomic E-state index is 0.131. The number of nitrogens with zero attached hydrogens (tertiary/aromatic N) is 1. The Morgan fingerprint density at radius 1 is 1.04 bits per heavy atom. The zero-order chi connectivity index (χ0) is 16.6. The predicted octanol–water partition coefficient (Wildman–Crippen LogP) is 5.24. The molecule has 0 aliphatic carbocycles. The van der Waals surface area contributed by atoms with Crippen LogP contribution in [0.2, 0.25) is 0 Å². The maximum atomic E-state index is 12.0. The first-order valence-electron chi connectivity index (χ1n) is 8.35. The van der Waals surface area contributed by atoms with E-state index in [-0.39, 0.29) is 11.3 Å². The molecule has 0 saturated heterocycles. The Hall–Kier alpha value is -2.09. The van der Waals surface area contributed by atoms with Gasteiger partial charge in [-0.25, -0.2) is 0 Å². The van der Waals surface area contributed by atoms with Gasteiger partial charge in [0.05, 0.1) is 0 Å². The molecule has 3 rings (SSSR count). The van der Waals surface area contributed by atoms with Crippen molar-refractivity contribution in [3.63, 3.8) is 0 Å². The maximum Gasteiger partial charge on any atom is 0.223 e. The van der Waals surface area contributed by atoms with E-state index in [9.17, 15) is 4.79 Å². The Morgan fingerprint density at radius 3 is 2.35 bits per heavy atom. The number of anilines is 1. The van der Waals surface area contributed by atoms with Gasteiger partial charge in [-0.05, 0) is 46.6 Å². The fourth-order valence-corrected chi connectivity index (χ4v) is 3.65. The normalized spacial score (nSPS) is 17.7. The summed E-state index contributed by atoms with van der Waals surface area (Å²) in [4.78, 5) is 13.9. The second-order valence-electron chi connectivity index (χ2n) is 7.52. The number of fused-ring (bicyclic) bond motifs is 1. The number of hydrogen-bond donors (Lipinski definition) is 0. The molecule has 0 aromatic heterocycles. The highest BCUT2D eigenvalue weighted by Gasteiger charge is 2.34. The minimum absolute atomic E-state index is 0.131. The maximum absolute atomic E-state index is 12.0. The third-order valence-electron chi connectivity index (χ3n) is 4.87. The van der Waals surface area contributed by atoms with Gasteiger partial charge in [0.2, 0.25) is 5.91 Å². The van der Waals surface area contributed by atoms with Crippen LogP contribution >= 0.6 is 0 Å². The average Bonchev–Trinajstić information content (AvgIpc) is 2.53. The minimum Gasteiger partial charge on any atom is -0.312 e.